The molecule has 0 spiro atoms. The zero-order valence-corrected chi connectivity index (χ0v) is 33.5. The van der Waals surface area contributed by atoms with Crippen LogP contribution in [0.1, 0.15) is 23.6 Å². The Hall–Kier alpha value is -7.88. The van der Waals surface area contributed by atoms with Gasteiger partial charge < -0.3 is 4.42 Å². The van der Waals surface area contributed by atoms with Crippen molar-refractivity contribution in [2.24, 2.45) is 0 Å². The van der Waals surface area contributed by atoms with E-state index in [0.29, 0.717) is 5.82 Å². The summed E-state index contributed by atoms with van der Waals surface area (Å²) in [6.45, 7) is 2.36. The minimum atomic E-state index is -0.339. The molecule has 286 valence electrons. The first-order chi connectivity index (χ1) is 30.1. The van der Waals surface area contributed by atoms with Crippen LogP contribution in [-0.2, 0) is 5.41 Å². The molecular weight excluding hydrogens is 741 g/mol. The number of para-hydroxylation sites is 2. The van der Waals surface area contributed by atoms with E-state index in [1.165, 1.54) is 27.8 Å². The minimum Gasteiger partial charge on any atom is -0.455 e. The molecule has 9 aromatic carbocycles. The standard InChI is InChI=1S/C58H38N2O/c1-58(42-21-6-3-7-22-42)50-30-12-10-25-48(50)55-49(29-16-31-51(55)58)53-36-52(59-57(60-53)47-28-14-20-38-19-8-9-23-43(38)47)41-34-39(37-17-4-2-5-18-37)33-40(35-41)44-26-15-27-46-45-24-11-13-32-54(45)61-56(44)46/h2-36H,1H3. The number of fused-ring (bicyclic) bond motifs is 7. The number of rotatable bonds is 6. The van der Waals surface area contributed by atoms with Crippen LogP contribution >= 0.6 is 0 Å². The molecule has 0 amide bonds. The minimum absolute atomic E-state index is 0.339. The van der Waals surface area contributed by atoms with Crippen LogP contribution in [0.3, 0.4) is 0 Å². The smallest absolute Gasteiger partial charge is 0.161 e. The van der Waals surface area contributed by atoms with Crippen LogP contribution in [-0.4, -0.2) is 9.97 Å². The highest BCUT2D eigenvalue weighted by molar-refractivity contribution is 6.10. The maximum Gasteiger partial charge on any atom is 0.161 e. The second-order valence-corrected chi connectivity index (χ2v) is 16.2. The van der Waals surface area contributed by atoms with Crippen molar-refractivity contribution >= 4 is 32.7 Å². The fraction of sp³-hybridized carbons (Fsp3) is 0.0345. The predicted molar refractivity (Wildman–Crippen MR) is 251 cm³/mol. The summed E-state index contributed by atoms with van der Waals surface area (Å²) in [6, 6.07) is 75.8. The summed E-state index contributed by atoms with van der Waals surface area (Å²) in [7, 11) is 0. The fourth-order valence-corrected chi connectivity index (χ4v) is 9.81. The van der Waals surface area contributed by atoms with Crippen LogP contribution in [0, 0.1) is 0 Å². The summed E-state index contributed by atoms with van der Waals surface area (Å²) in [5, 5.41) is 4.47. The van der Waals surface area contributed by atoms with Gasteiger partial charge in [0.2, 0.25) is 0 Å². The largest absolute Gasteiger partial charge is 0.455 e. The number of nitrogens with zero attached hydrogens (tertiary/aromatic N) is 2. The van der Waals surface area contributed by atoms with Gasteiger partial charge in [-0.05, 0) is 92.5 Å². The van der Waals surface area contributed by atoms with Crippen molar-refractivity contribution in [2.75, 3.05) is 0 Å². The van der Waals surface area contributed by atoms with E-state index in [4.69, 9.17) is 14.4 Å². The molecular formula is C58H38N2O. The van der Waals surface area contributed by atoms with Crippen LogP contribution in [0.5, 0.6) is 0 Å². The Morgan fingerprint density at radius 3 is 1.87 bits per heavy atom. The van der Waals surface area contributed by atoms with E-state index in [1.54, 1.807) is 0 Å². The van der Waals surface area contributed by atoms with Gasteiger partial charge in [0, 0.05) is 38.4 Å². The SMILES string of the molecule is CC1(c2ccccc2)c2ccccc2-c2c(-c3cc(-c4cc(-c5ccccc5)cc(-c5cccc6c5oc5ccccc56)c4)nc(-c4cccc5ccccc45)n3)cccc21. The van der Waals surface area contributed by atoms with Crippen molar-refractivity contribution in [1.82, 2.24) is 9.97 Å². The Balaban J connectivity index is 1.13. The van der Waals surface area contributed by atoms with E-state index in [9.17, 15) is 0 Å². The Morgan fingerprint density at radius 1 is 0.393 bits per heavy atom. The van der Waals surface area contributed by atoms with Gasteiger partial charge in [0.15, 0.2) is 5.82 Å². The number of furan rings is 1. The Labute approximate surface area is 354 Å². The van der Waals surface area contributed by atoms with Crippen LogP contribution in [0.15, 0.2) is 217 Å². The molecule has 0 aliphatic heterocycles. The van der Waals surface area contributed by atoms with Gasteiger partial charge in [0.05, 0.1) is 11.4 Å². The molecule has 2 heterocycles. The zero-order valence-electron chi connectivity index (χ0n) is 33.5. The first-order valence-corrected chi connectivity index (χ1v) is 20.9. The van der Waals surface area contributed by atoms with Crippen LogP contribution in [0.2, 0.25) is 0 Å². The van der Waals surface area contributed by atoms with Crippen LogP contribution < -0.4 is 0 Å². The van der Waals surface area contributed by atoms with Gasteiger partial charge in [-0.25, -0.2) is 9.97 Å². The summed E-state index contributed by atoms with van der Waals surface area (Å²) in [5.41, 5.74) is 16.8. The molecule has 0 N–H and O–H groups in total. The number of hydrogen-bond acceptors (Lipinski definition) is 3. The van der Waals surface area contributed by atoms with E-state index in [2.05, 4.69) is 207 Å². The van der Waals surface area contributed by atoms with Crippen molar-refractivity contribution < 1.29 is 4.42 Å². The average Bonchev–Trinajstić information content (AvgIpc) is 3.85. The molecule has 1 unspecified atom stereocenters. The molecule has 1 atom stereocenters. The maximum atomic E-state index is 6.62. The summed E-state index contributed by atoms with van der Waals surface area (Å²) in [6.07, 6.45) is 0. The quantitative estimate of drug-likeness (QED) is 0.169. The monoisotopic (exact) mass is 778 g/mol. The molecule has 3 nitrogen and oxygen atoms in total. The van der Waals surface area contributed by atoms with Gasteiger partial charge in [-0.3, -0.25) is 0 Å². The zero-order chi connectivity index (χ0) is 40.5. The van der Waals surface area contributed by atoms with E-state index in [-0.39, 0.29) is 5.41 Å². The van der Waals surface area contributed by atoms with Crippen LogP contribution in [0.4, 0.5) is 0 Å². The summed E-state index contributed by atoms with van der Waals surface area (Å²) < 4.78 is 6.62. The number of benzene rings is 9. The topological polar surface area (TPSA) is 38.9 Å². The first kappa shape index (κ1) is 35.1. The lowest BCUT2D eigenvalue weighted by atomic mass is 9.74. The molecule has 3 heteroatoms. The normalized spacial score (nSPS) is 14.4. The van der Waals surface area contributed by atoms with E-state index < -0.39 is 0 Å². The van der Waals surface area contributed by atoms with Crippen molar-refractivity contribution in [1.29, 1.82) is 0 Å². The summed E-state index contributed by atoms with van der Waals surface area (Å²) in [5.74, 6) is 0.685. The third-order valence-electron chi connectivity index (χ3n) is 12.8. The van der Waals surface area contributed by atoms with E-state index >= 15 is 0 Å². The molecule has 0 saturated carbocycles. The van der Waals surface area contributed by atoms with Gasteiger partial charge >= 0.3 is 0 Å². The highest BCUT2D eigenvalue weighted by Crippen LogP contribution is 2.55. The van der Waals surface area contributed by atoms with Gasteiger partial charge in [0.25, 0.3) is 0 Å². The molecule has 0 fully saturated rings. The second-order valence-electron chi connectivity index (χ2n) is 16.2. The number of hydrogen-bond donors (Lipinski definition) is 0. The summed E-state index contributed by atoms with van der Waals surface area (Å²) >= 11 is 0. The van der Waals surface area contributed by atoms with Crippen molar-refractivity contribution in [2.45, 2.75) is 12.3 Å². The summed E-state index contributed by atoms with van der Waals surface area (Å²) in [4.78, 5) is 11.0. The van der Waals surface area contributed by atoms with Gasteiger partial charge in [-0.15, -0.1) is 0 Å². The Kier molecular flexibility index (Phi) is 7.98. The third kappa shape index (κ3) is 5.58. The Morgan fingerprint density at radius 2 is 0.984 bits per heavy atom. The molecule has 1 aliphatic carbocycles. The van der Waals surface area contributed by atoms with E-state index in [0.717, 1.165) is 83.0 Å². The lowest BCUT2D eigenvalue weighted by Crippen LogP contribution is -2.22. The third-order valence-corrected chi connectivity index (χ3v) is 12.8. The highest BCUT2D eigenvalue weighted by atomic mass is 16.3. The Bertz CT molecular complexity index is 3490. The molecule has 1 aliphatic rings. The maximum absolute atomic E-state index is 6.62. The molecule has 11 aromatic rings. The van der Waals surface area contributed by atoms with Crippen molar-refractivity contribution in [3.63, 3.8) is 0 Å². The van der Waals surface area contributed by atoms with Crippen LogP contribution in [0.25, 0.3) is 100.0 Å². The molecule has 2 aromatic heterocycles. The van der Waals surface area contributed by atoms with Gasteiger partial charge in [-0.2, -0.15) is 0 Å². The van der Waals surface area contributed by atoms with E-state index in [1.807, 2.05) is 12.1 Å². The second kappa shape index (κ2) is 13.9. The number of aromatic nitrogens is 2. The lowest BCUT2D eigenvalue weighted by Gasteiger charge is -2.28. The lowest BCUT2D eigenvalue weighted by molar-refractivity contribution is 0.670. The fourth-order valence-electron chi connectivity index (χ4n) is 9.81. The van der Waals surface area contributed by atoms with Gasteiger partial charge in [-0.1, -0.05) is 182 Å². The molecule has 0 radical (unpaired) electrons. The van der Waals surface area contributed by atoms with Crippen molar-refractivity contribution in [3.05, 3.63) is 229 Å². The molecule has 0 saturated heterocycles. The predicted octanol–water partition coefficient (Wildman–Crippen LogP) is 15.2. The first-order valence-electron chi connectivity index (χ1n) is 20.9. The highest BCUT2D eigenvalue weighted by Gasteiger charge is 2.41. The van der Waals surface area contributed by atoms with Crippen molar-refractivity contribution in [3.8, 4) is 67.3 Å². The molecule has 12 rings (SSSR count). The van der Waals surface area contributed by atoms with Gasteiger partial charge in [0.1, 0.15) is 11.2 Å². The average molecular weight is 779 g/mol. The molecule has 0 bridgehead atoms. The molecule has 61 heavy (non-hydrogen) atoms.